The number of carbonyl (C=O) groups is 1. The van der Waals surface area contributed by atoms with Gasteiger partial charge in [0.25, 0.3) is 5.69 Å². The number of aromatic nitrogens is 2. The van der Waals surface area contributed by atoms with E-state index in [1.165, 1.54) is 18.2 Å². The molecule has 1 N–H and O–H groups in total. The van der Waals surface area contributed by atoms with Crippen LogP contribution in [0.15, 0.2) is 77.6 Å². The Hall–Kier alpha value is -4.20. The molecule has 0 radical (unpaired) electrons. The number of nitrogens with one attached hydrogen (secondary N) is 1. The van der Waals surface area contributed by atoms with Gasteiger partial charge >= 0.3 is 0 Å². The second-order valence-electron chi connectivity index (χ2n) is 5.89. The maximum atomic E-state index is 12.4. The minimum absolute atomic E-state index is 0.00424. The molecule has 0 spiro atoms. The SMILES string of the molecule is O=C(C=Cc1ccc([N+](=O)[O-])cc1)Nc1c(-c2ccco2)nc2ccccn12. The third kappa shape index (κ3) is 3.38. The van der Waals surface area contributed by atoms with Gasteiger partial charge in [-0.05, 0) is 48.0 Å². The second-order valence-corrected chi connectivity index (χ2v) is 5.89. The van der Waals surface area contributed by atoms with E-state index < -0.39 is 4.92 Å². The minimum Gasteiger partial charge on any atom is -0.463 e. The van der Waals surface area contributed by atoms with Crippen LogP contribution in [-0.2, 0) is 4.79 Å². The average Bonchev–Trinajstić information content (AvgIpc) is 3.35. The zero-order valence-electron chi connectivity index (χ0n) is 14.5. The summed E-state index contributed by atoms with van der Waals surface area (Å²) in [6, 6.07) is 15.0. The van der Waals surface area contributed by atoms with Crippen LogP contribution >= 0.6 is 0 Å². The first kappa shape index (κ1) is 17.2. The molecule has 0 aliphatic heterocycles. The number of carbonyl (C=O) groups excluding carboxylic acids is 1. The van der Waals surface area contributed by atoms with Crippen molar-refractivity contribution in [2.45, 2.75) is 0 Å². The molecule has 4 aromatic rings. The molecular formula is C20H14N4O4. The summed E-state index contributed by atoms with van der Waals surface area (Å²) in [5, 5.41) is 13.5. The van der Waals surface area contributed by atoms with Crippen LogP contribution in [-0.4, -0.2) is 20.2 Å². The summed E-state index contributed by atoms with van der Waals surface area (Å²) in [6.07, 6.45) is 6.27. The molecule has 0 atom stereocenters. The van der Waals surface area contributed by atoms with Crippen molar-refractivity contribution in [2.24, 2.45) is 0 Å². The molecule has 1 aromatic carbocycles. The van der Waals surface area contributed by atoms with Crippen LogP contribution in [0.4, 0.5) is 11.5 Å². The summed E-state index contributed by atoms with van der Waals surface area (Å²) < 4.78 is 7.19. The van der Waals surface area contributed by atoms with E-state index in [-0.39, 0.29) is 11.6 Å². The van der Waals surface area contributed by atoms with Crippen LogP contribution in [0, 0.1) is 10.1 Å². The van der Waals surface area contributed by atoms with Gasteiger partial charge in [-0.1, -0.05) is 6.07 Å². The number of amides is 1. The number of rotatable bonds is 5. The number of anilines is 1. The van der Waals surface area contributed by atoms with E-state index >= 15 is 0 Å². The fraction of sp³-hybridized carbons (Fsp3) is 0. The normalized spacial score (nSPS) is 11.1. The van der Waals surface area contributed by atoms with Gasteiger partial charge in [-0.3, -0.25) is 19.3 Å². The topological polar surface area (TPSA) is 103 Å². The van der Waals surface area contributed by atoms with Crippen LogP contribution in [0.2, 0.25) is 0 Å². The Morgan fingerprint density at radius 2 is 1.96 bits per heavy atom. The third-order valence-electron chi connectivity index (χ3n) is 4.06. The lowest BCUT2D eigenvalue weighted by molar-refractivity contribution is -0.384. The molecule has 3 aromatic heterocycles. The van der Waals surface area contributed by atoms with Gasteiger partial charge in [-0.25, -0.2) is 4.98 Å². The summed E-state index contributed by atoms with van der Waals surface area (Å²) >= 11 is 0. The van der Waals surface area contributed by atoms with Gasteiger partial charge in [0, 0.05) is 24.4 Å². The van der Waals surface area contributed by atoms with E-state index in [1.54, 1.807) is 47.2 Å². The Kier molecular flexibility index (Phi) is 4.43. The Labute approximate surface area is 158 Å². The van der Waals surface area contributed by atoms with Crippen molar-refractivity contribution in [3.63, 3.8) is 0 Å². The van der Waals surface area contributed by atoms with Gasteiger partial charge in [-0.2, -0.15) is 0 Å². The Morgan fingerprint density at radius 3 is 2.68 bits per heavy atom. The van der Waals surface area contributed by atoms with Crippen LogP contribution < -0.4 is 5.32 Å². The molecule has 138 valence electrons. The van der Waals surface area contributed by atoms with Gasteiger partial charge in [0.15, 0.2) is 5.76 Å². The number of nitrogens with zero attached hydrogens (tertiary/aromatic N) is 3. The average molecular weight is 374 g/mol. The van der Waals surface area contributed by atoms with Crippen molar-refractivity contribution in [1.82, 2.24) is 9.38 Å². The van der Waals surface area contributed by atoms with Crippen LogP contribution in [0.1, 0.15) is 5.56 Å². The fourth-order valence-corrected chi connectivity index (χ4v) is 2.74. The number of non-ortho nitro benzene ring substituents is 1. The smallest absolute Gasteiger partial charge is 0.269 e. The van der Waals surface area contributed by atoms with Gasteiger partial charge in [0.2, 0.25) is 5.91 Å². The van der Waals surface area contributed by atoms with Crippen molar-refractivity contribution in [3.8, 4) is 11.5 Å². The molecule has 0 saturated carbocycles. The highest BCUT2D eigenvalue weighted by molar-refractivity contribution is 6.03. The van der Waals surface area contributed by atoms with Crippen molar-refractivity contribution in [1.29, 1.82) is 0 Å². The van der Waals surface area contributed by atoms with Crippen molar-refractivity contribution < 1.29 is 14.1 Å². The lowest BCUT2D eigenvalue weighted by Crippen LogP contribution is -2.10. The first-order chi connectivity index (χ1) is 13.6. The molecule has 0 aliphatic carbocycles. The van der Waals surface area contributed by atoms with E-state index in [1.807, 2.05) is 18.2 Å². The number of hydrogen-bond donors (Lipinski definition) is 1. The van der Waals surface area contributed by atoms with Crippen molar-refractivity contribution >= 4 is 29.1 Å². The summed E-state index contributed by atoms with van der Waals surface area (Å²) in [5.41, 5.74) is 1.86. The van der Waals surface area contributed by atoms with E-state index in [2.05, 4.69) is 10.3 Å². The summed E-state index contributed by atoms with van der Waals surface area (Å²) in [7, 11) is 0. The van der Waals surface area contributed by atoms with Gasteiger partial charge in [0.1, 0.15) is 17.2 Å². The molecule has 0 bridgehead atoms. The lowest BCUT2D eigenvalue weighted by Gasteiger charge is -2.04. The van der Waals surface area contributed by atoms with Crippen LogP contribution in [0.3, 0.4) is 0 Å². The van der Waals surface area contributed by atoms with E-state index in [0.717, 1.165) is 0 Å². The molecule has 1 amide bonds. The summed E-state index contributed by atoms with van der Waals surface area (Å²) in [6.45, 7) is 0. The van der Waals surface area contributed by atoms with Crippen LogP contribution in [0.25, 0.3) is 23.2 Å². The predicted molar refractivity (Wildman–Crippen MR) is 104 cm³/mol. The predicted octanol–water partition coefficient (Wildman–Crippen LogP) is 4.15. The summed E-state index contributed by atoms with van der Waals surface area (Å²) in [5.74, 6) is 0.666. The number of nitro benzene ring substituents is 1. The largest absolute Gasteiger partial charge is 0.463 e. The maximum Gasteiger partial charge on any atom is 0.269 e. The molecule has 0 unspecified atom stereocenters. The number of imidazole rings is 1. The molecular weight excluding hydrogens is 360 g/mol. The quantitative estimate of drug-likeness (QED) is 0.321. The monoisotopic (exact) mass is 374 g/mol. The van der Waals surface area contributed by atoms with E-state index in [0.29, 0.717) is 28.5 Å². The standard InChI is InChI=1S/C20H14N4O4/c25-18(11-8-14-6-9-15(10-7-14)24(26)27)22-20-19(16-4-3-13-28-16)21-17-5-1-2-12-23(17)20/h1-13H,(H,22,25). The Balaban J connectivity index is 1.60. The Morgan fingerprint density at radius 1 is 1.14 bits per heavy atom. The molecule has 0 saturated heterocycles. The zero-order valence-corrected chi connectivity index (χ0v) is 14.5. The first-order valence-corrected chi connectivity index (χ1v) is 8.36. The first-order valence-electron chi connectivity index (χ1n) is 8.36. The highest BCUT2D eigenvalue weighted by Gasteiger charge is 2.17. The number of benzene rings is 1. The molecule has 28 heavy (non-hydrogen) atoms. The number of hydrogen-bond acceptors (Lipinski definition) is 5. The number of nitro groups is 1. The second kappa shape index (κ2) is 7.20. The third-order valence-corrected chi connectivity index (χ3v) is 4.06. The Bertz CT molecular complexity index is 1170. The van der Waals surface area contributed by atoms with Gasteiger partial charge in [-0.15, -0.1) is 0 Å². The van der Waals surface area contributed by atoms with E-state index in [4.69, 9.17) is 4.42 Å². The molecule has 8 nitrogen and oxygen atoms in total. The van der Waals surface area contributed by atoms with Gasteiger partial charge < -0.3 is 9.73 Å². The number of pyridine rings is 1. The molecule has 8 heteroatoms. The minimum atomic E-state index is -0.471. The summed E-state index contributed by atoms with van der Waals surface area (Å²) in [4.78, 5) is 27.2. The molecule has 4 rings (SSSR count). The number of fused-ring (bicyclic) bond motifs is 1. The van der Waals surface area contributed by atoms with E-state index in [9.17, 15) is 14.9 Å². The molecule has 0 aliphatic rings. The van der Waals surface area contributed by atoms with Gasteiger partial charge in [0.05, 0.1) is 11.2 Å². The molecule has 3 heterocycles. The molecule has 0 fully saturated rings. The maximum absolute atomic E-state index is 12.4. The lowest BCUT2D eigenvalue weighted by atomic mass is 10.2. The highest BCUT2D eigenvalue weighted by Crippen LogP contribution is 2.29. The van der Waals surface area contributed by atoms with Crippen molar-refractivity contribution in [3.05, 3.63) is 88.8 Å². The zero-order chi connectivity index (χ0) is 19.5. The van der Waals surface area contributed by atoms with Crippen molar-refractivity contribution in [2.75, 3.05) is 5.32 Å². The highest BCUT2D eigenvalue weighted by atomic mass is 16.6. The van der Waals surface area contributed by atoms with Crippen LogP contribution in [0.5, 0.6) is 0 Å². The fourth-order valence-electron chi connectivity index (χ4n) is 2.74. The number of furan rings is 1.